The number of hydrogen-bond donors (Lipinski definition) is 0. The van der Waals surface area contributed by atoms with Gasteiger partial charge in [-0.25, -0.2) is 0 Å². The largest absolute Gasteiger partial charge is 0.611 e. The average molecular weight is 131 g/mol. The summed E-state index contributed by atoms with van der Waals surface area (Å²) in [6.07, 6.45) is 0. The lowest BCUT2D eigenvalue weighted by Gasteiger charge is -2.19. The molecular weight excluding hydrogens is 120 g/mol. The highest BCUT2D eigenvalue weighted by molar-refractivity contribution is 7.95. The SMILES string of the molecule is [CH]=C[S@+]([O-])C(C)(C)C. The third-order valence-corrected chi connectivity index (χ3v) is 2.18. The van der Waals surface area contributed by atoms with Gasteiger partial charge in [-0.2, -0.15) is 0 Å². The van der Waals surface area contributed by atoms with Gasteiger partial charge in [0, 0.05) is 0 Å². The van der Waals surface area contributed by atoms with Gasteiger partial charge >= 0.3 is 0 Å². The van der Waals surface area contributed by atoms with Crippen molar-refractivity contribution >= 4 is 11.2 Å². The number of rotatable bonds is 1. The zero-order valence-corrected chi connectivity index (χ0v) is 6.29. The first-order valence-corrected chi connectivity index (χ1v) is 3.65. The van der Waals surface area contributed by atoms with Gasteiger partial charge < -0.3 is 4.55 Å². The lowest BCUT2D eigenvalue weighted by atomic mass is 10.3. The fraction of sp³-hybridized carbons (Fsp3) is 0.667. The quantitative estimate of drug-likeness (QED) is 0.494. The Morgan fingerprint density at radius 3 is 1.88 bits per heavy atom. The second kappa shape index (κ2) is 2.55. The molecule has 0 aromatic carbocycles. The zero-order valence-electron chi connectivity index (χ0n) is 5.47. The molecule has 0 aliphatic heterocycles. The van der Waals surface area contributed by atoms with E-state index in [-0.39, 0.29) is 4.75 Å². The van der Waals surface area contributed by atoms with E-state index in [9.17, 15) is 4.55 Å². The molecule has 0 aromatic rings. The van der Waals surface area contributed by atoms with Crippen molar-refractivity contribution < 1.29 is 4.55 Å². The summed E-state index contributed by atoms with van der Waals surface area (Å²) in [4.78, 5) is 0. The molecule has 0 aliphatic rings. The predicted octanol–water partition coefficient (Wildman–Crippen LogP) is 1.48. The van der Waals surface area contributed by atoms with Gasteiger partial charge in [0.25, 0.3) is 0 Å². The molecule has 1 nitrogen and oxygen atoms in total. The van der Waals surface area contributed by atoms with Crippen molar-refractivity contribution in [2.75, 3.05) is 0 Å². The highest BCUT2D eigenvalue weighted by Crippen LogP contribution is 2.15. The molecule has 8 heavy (non-hydrogen) atoms. The van der Waals surface area contributed by atoms with Gasteiger partial charge in [-0.1, -0.05) is 0 Å². The Balaban J connectivity index is 3.80. The first-order valence-electron chi connectivity index (χ1n) is 2.44. The molecule has 0 rings (SSSR count). The Morgan fingerprint density at radius 1 is 1.50 bits per heavy atom. The molecule has 0 amide bonds. The Kier molecular flexibility index (Phi) is 2.57. The first-order chi connectivity index (χ1) is 3.48. The monoisotopic (exact) mass is 131 g/mol. The maximum absolute atomic E-state index is 10.8. The molecule has 0 aliphatic carbocycles. The van der Waals surface area contributed by atoms with Gasteiger partial charge in [0.1, 0.15) is 10.2 Å². The van der Waals surface area contributed by atoms with E-state index in [2.05, 4.69) is 0 Å². The van der Waals surface area contributed by atoms with Crippen LogP contribution in [0.3, 0.4) is 0 Å². The molecule has 47 valence electrons. The van der Waals surface area contributed by atoms with E-state index in [0.717, 1.165) is 0 Å². The van der Waals surface area contributed by atoms with Crippen molar-refractivity contribution in [1.29, 1.82) is 0 Å². The molecule has 0 N–H and O–H groups in total. The Bertz CT molecular complexity index is 83.0. The summed E-state index contributed by atoms with van der Waals surface area (Å²) >= 11 is -0.992. The number of hydrogen-bond acceptors (Lipinski definition) is 1. The van der Waals surface area contributed by atoms with Crippen molar-refractivity contribution in [3.05, 3.63) is 12.0 Å². The molecular formula is C6H11OS. The van der Waals surface area contributed by atoms with E-state index >= 15 is 0 Å². The lowest BCUT2D eigenvalue weighted by molar-refractivity contribution is 0.569. The van der Waals surface area contributed by atoms with Crippen LogP contribution in [-0.4, -0.2) is 9.30 Å². The molecule has 0 fully saturated rings. The van der Waals surface area contributed by atoms with Crippen molar-refractivity contribution in [2.24, 2.45) is 0 Å². The van der Waals surface area contributed by atoms with Crippen LogP contribution in [0.5, 0.6) is 0 Å². The maximum atomic E-state index is 10.8. The molecule has 0 saturated heterocycles. The lowest BCUT2D eigenvalue weighted by Crippen LogP contribution is -2.25. The van der Waals surface area contributed by atoms with Crippen molar-refractivity contribution in [2.45, 2.75) is 25.5 Å². The van der Waals surface area contributed by atoms with E-state index < -0.39 is 11.2 Å². The fourth-order valence-electron chi connectivity index (χ4n) is 0.204. The van der Waals surface area contributed by atoms with Gasteiger partial charge in [-0.3, -0.25) is 0 Å². The summed E-state index contributed by atoms with van der Waals surface area (Å²) in [6, 6.07) is 0. The molecule has 0 heterocycles. The minimum absolute atomic E-state index is 0.200. The molecule has 1 radical (unpaired) electrons. The third-order valence-electron chi connectivity index (χ3n) is 0.727. The Hall–Kier alpha value is 0.0500. The minimum Gasteiger partial charge on any atom is -0.611 e. The van der Waals surface area contributed by atoms with Gasteiger partial charge in [0.05, 0.1) is 0 Å². The smallest absolute Gasteiger partial charge is 0.122 e. The van der Waals surface area contributed by atoms with E-state index in [4.69, 9.17) is 6.58 Å². The van der Waals surface area contributed by atoms with Crippen molar-refractivity contribution in [3.8, 4) is 0 Å². The van der Waals surface area contributed by atoms with E-state index in [1.807, 2.05) is 20.8 Å². The summed E-state index contributed by atoms with van der Waals surface area (Å²) in [5.74, 6) is 0. The van der Waals surface area contributed by atoms with Crippen LogP contribution < -0.4 is 0 Å². The molecule has 0 bridgehead atoms. The predicted molar refractivity (Wildman–Crippen MR) is 36.8 cm³/mol. The van der Waals surface area contributed by atoms with Gasteiger partial charge in [0.2, 0.25) is 0 Å². The molecule has 0 saturated carbocycles. The van der Waals surface area contributed by atoms with Crippen LogP contribution in [0.1, 0.15) is 20.8 Å². The molecule has 0 spiro atoms. The van der Waals surface area contributed by atoms with Crippen LogP contribution in [0.4, 0.5) is 0 Å². The van der Waals surface area contributed by atoms with Crippen LogP contribution >= 0.6 is 0 Å². The maximum Gasteiger partial charge on any atom is 0.122 e. The molecule has 0 aromatic heterocycles. The molecule has 0 unspecified atom stereocenters. The molecule has 2 heteroatoms. The summed E-state index contributed by atoms with van der Waals surface area (Å²) in [5, 5.41) is 1.22. The second-order valence-corrected chi connectivity index (χ2v) is 4.64. The second-order valence-electron chi connectivity index (χ2n) is 2.55. The van der Waals surface area contributed by atoms with Gasteiger partial charge in [-0.05, 0) is 38.5 Å². The molecule has 1 atom stereocenters. The van der Waals surface area contributed by atoms with Crippen molar-refractivity contribution in [3.63, 3.8) is 0 Å². The fourth-order valence-corrected chi connectivity index (χ4v) is 0.612. The average Bonchev–Trinajstić information content (AvgIpc) is 1.62. The highest BCUT2D eigenvalue weighted by atomic mass is 32.2. The van der Waals surface area contributed by atoms with Crippen LogP contribution in [-0.2, 0) is 11.2 Å². The van der Waals surface area contributed by atoms with Crippen LogP contribution in [0, 0.1) is 6.58 Å². The Labute approximate surface area is 54.0 Å². The van der Waals surface area contributed by atoms with E-state index in [1.54, 1.807) is 0 Å². The highest BCUT2D eigenvalue weighted by Gasteiger charge is 2.22. The Morgan fingerprint density at radius 2 is 1.88 bits per heavy atom. The summed E-state index contributed by atoms with van der Waals surface area (Å²) in [6.45, 7) is 10.7. The normalized spacial score (nSPS) is 15.5. The summed E-state index contributed by atoms with van der Waals surface area (Å²) in [5.41, 5.74) is 0. The van der Waals surface area contributed by atoms with Gasteiger partial charge in [0.15, 0.2) is 0 Å². The van der Waals surface area contributed by atoms with Crippen LogP contribution in [0.2, 0.25) is 0 Å². The van der Waals surface area contributed by atoms with E-state index in [1.165, 1.54) is 5.41 Å². The third kappa shape index (κ3) is 2.38. The minimum atomic E-state index is -0.992. The van der Waals surface area contributed by atoms with Gasteiger partial charge in [-0.15, -0.1) is 0 Å². The van der Waals surface area contributed by atoms with E-state index in [0.29, 0.717) is 0 Å². The van der Waals surface area contributed by atoms with Crippen LogP contribution in [0.25, 0.3) is 0 Å². The summed E-state index contributed by atoms with van der Waals surface area (Å²) in [7, 11) is 0. The first kappa shape index (κ1) is 8.05. The topological polar surface area (TPSA) is 23.1 Å². The standard InChI is InChI=1S/C6H11OS/c1-5-8(7)6(2,3)4/h1,5H,2-4H3/t8-/m0/s1. The summed E-state index contributed by atoms with van der Waals surface area (Å²) < 4.78 is 10.6. The zero-order chi connectivity index (χ0) is 6.78. The van der Waals surface area contributed by atoms with Crippen LogP contribution in [0.15, 0.2) is 5.41 Å². The van der Waals surface area contributed by atoms with Crippen molar-refractivity contribution in [1.82, 2.24) is 0 Å².